The molecule has 2 atom stereocenters. The van der Waals surface area contributed by atoms with Crippen molar-refractivity contribution in [1.29, 1.82) is 0 Å². The zero-order valence-corrected chi connectivity index (χ0v) is 33.5. The molecule has 1 saturated heterocycles. The minimum absolute atomic E-state index is 0.159. The van der Waals surface area contributed by atoms with E-state index < -0.39 is 7.92 Å². The summed E-state index contributed by atoms with van der Waals surface area (Å²) in [6.07, 6.45) is 0.804. The lowest BCUT2D eigenvalue weighted by Gasteiger charge is -2.42. The Morgan fingerprint density at radius 1 is 0.404 bits per heavy atom. The number of ketones is 1. The molecule has 0 saturated carbocycles. The lowest BCUT2D eigenvalue weighted by molar-refractivity contribution is -0.119. The average molecular weight is 769 g/mol. The molecule has 2 unspecified atom stereocenters. The molecule has 284 valence electrons. The summed E-state index contributed by atoms with van der Waals surface area (Å²) in [5.74, 6) is 3.05. The van der Waals surface area contributed by atoms with Gasteiger partial charge in [0.15, 0.2) is 0 Å². The largest absolute Gasteiger partial charge is 0.496 e. The van der Waals surface area contributed by atoms with Gasteiger partial charge in [0.05, 0.1) is 39.6 Å². The zero-order chi connectivity index (χ0) is 39.3. The summed E-state index contributed by atoms with van der Waals surface area (Å²) in [6, 6.07) is 56.6. The van der Waals surface area contributed by atoms with Crippen molar-refractivity contribution in [3.05, 3.63) is 175 Å². The molecule has 0 radical (unpaired) electrons. The minimum atomic E-state index is -1.29. The van der Waals surface area contributed by atoms with E-state index in [1.165, 1.54) is 0 Å². The van der Waals surface area contributed by atoms with Crippen LogP contribution in [0.15, 0.2) is 164 Å². The lowest BCUT2D eigenvalue weighted by Crippen LogP contribution is -2.26. The normalized spacial score (nSPS) is 16.5. The van der Waals surface area contributed by atoms with Crippen molar-refractivity contribution in [3.63, 3.8) is 0 Å². The number of ether oxygens (including phenoxy) is 4. The standard InChI is InChI=1S/C51H45O5P/c1-53-43-28-16-29-44(54-2)49(43)41-26-15-27-42(50-45(55-3)30-17-31-46(50)56-4)51(41)57-47(39-24-13-11-22-37(39)34-18-7-5-8-19-34)32-36(52)33-48(57)40-25-14-12-23-38(40)35-20-9-6-10-21-35/h5-31,47-48H,32-33H2,1-4H3. The Morgan fingerprint density at radius 2 is 0.737 bits per heavy atom. The first-order valence-electron chi connectivity index (χ1n) is 19.2. The Hall–Kier alpha value is -6.16. The number of hydrogen-bond donors (Lipinski definition) is 0. The molecule has 0 aromatic heterocycles. The second-order valence-corrected chi connectivity index (χ2v) is 16.6. The number of hydrogen-bond acceptors (Lipinski definition) is 5. The second kappa shape index (κ2) is 16.9. The van der Waals surface area contributed by atoms with E-state index in [1.807, 2.05) is 48.5 Å². The maximum Gasteiger partial charge on any atom is 0.134 e. The topological polar surface area (TPSA) is 54.0 Å². The number of carbonyl (C=O) groups is 1. The maximum absolute atomic E-state index is 14.5. The van der Waals surface area contributed by atoms with Crippen molar-refractivity contribution in [3.8, 4) is 67.5 Å². The van der Waals surface area contributed by atoms with Crippen molar-refractivity contribution in [2.24, 2.45) is 0 Å². The molecule has 6 heteroatoms. The van der Waals surface area contributed by atoms with E-state index >= 15 is 0 Å². The summed E-state index contributed by atoms with van der Waals surface area (Å²) in [4.78, 5) is 14.5. The van der Waals surface area contributed by atoms with E-state index in [0.29, 0.717) is 35.8 Å². The molecule has 0 aliphatic carbocycles. The summed E-state index contributed by atoms with van der Waals surface area (Å²) in [7, 11) is 5.52. The van der Waals surface area contributed by atoms with Gasteiger partial charge in [-0.1, -0.05) is 147 Å². The smallest absolute Gasteiger partial charge is 0.134 e. The predicted octanol–water partition coefficient (Wildman–Crippen LogP) is 12.3. The second-order valence-electron chi connectivity index (χ2n) is 14.1. The van der Waals surface area contributed by atoms with Crippen LogP contribution in [0.25, 0.3) is 44.5 Å². The lowest BCUT2D eigenvalue weighted by atomic mass is 9.92. The highest BCUT2D eigenvalue weighted by Gasteiger charge is 2.44. The van der Waals surface area contributed by atoms with Crippen LogP contribution < -0.4 is 24.3 Å². The molecule has 5 nitrogen and oxygen atoms in total. The highest BCUT2D eigenvalue weighted by atomic mass is 31.1. The Morgan fingerprint density at radius 3 is 1.12 bits per heavy atom. The predicted molar refractivity (Wildman–Crippen MR) is 234 cm³/mol. The Bertz CT molecular complexity index is 2300. The first-order chi connectivity index (χ1) is 28.1. The van der Waals surface area contributed by atoms with Gasteiger partial charge in [0.1, 0.15) is 28.8 Å². The van der Waals surface area contributed by atoms with Gasteiger partial charge in [-0.05, 0) is 74.1 Å². The number of rotatable bonds is 11. The van der Waals surface area contributed by atoms with Crippen molar-refractivity contribution < 1.29 is 23.7 Å². The molecule has 1 aliphatic rings. The summed E-state index contributed by atoms with van der Waals surface area (Å²) >= 11 is 0. The number of Topliss-reactive ketones (excluding diaryl/α,β-unsaturated/α-hetero) is 1. The van der Waals surface area contributed by atoms with Crippen LogP contribution >= 0.6 is 7.92 Å². The van der Waals surface area contributed by atoms with E-state index in [9.17, 15) is 4.79 Å². The quantitative estimate of drug-likeness (QED) is 0.123. The van der Waals surface area contributed by atoms with Crippen LogP contribution in [0.2, 0.25) is 0 Å². The molecule has 1 heterocycles. The average Bonchev–Trinajstić information content (AvgIpc) is 3.28. The summed E-state index contributed by atoms with van der Waals surface area (Å²) < 4.78 is 24.6. The highest BCUT2D eigenvalue weighted by Crippen LogP contribution is 2.70. The van der Waals surface area contributed by atoms with E-state index in [1.54, 1.807) is 28.4 Å². The van der Waals surface area contributed by atoms with Crippen LogP contribution in [0, 0.1) is 0 Å². The van der Waals surface area contributed by atoms with Gasteiger partial charge in [-0.25, -0.2) is 0 Å². The van der Waals surface area contributed by atoms with Crippen molar-refractivity contribution in [1.82, 2.24) is 0 Å². The van der Waals surface area contributed by atoms with Crippen LogP contribution in [-0.2, 0) is 4.79 Å². The summed E-state index contributed by atoms with van der Waals surface area (Å²) in [5, 5.41) is 1.13. The molecule has 0 N–H and O–H groups in total. The SMILES string of the molecule is COc1cccc(OC)c1-c1cccc(-c2c(OC)cccc2OC)c1P1C(c2ccccc2-c2ccccc2)CC(=O)CC1c1ccccc1-c1ccccc1. The van der Waals surface area contributed by atoms with Crippen LogP contribution in [0.4, 0.5) is 0 Å². The van der Waals surface area contributed by atoms with Crippen LogP contribution in [-0.4, -0.2) is 34.2 Å². The van der Waals surface area contributed by atoms with Gasteiger partial charge in [0.2, 0.25) is 0 Å². The fourth-order valence-electron chi connectivity index (χ4n) is 8.55. The van der Waals surface area contributed by atoms with Crippen molar-refractivity contribution in [2.75, 3.05) is 28.4 Å². The molecule has 0 amide bonds. The number of carbonyl (C=O) groups excluding carboxylic acids is 1. The van der Waals surface area contributed by atoms with Gasteiger partial charge in [0.25, 0.3) is 0 Å². The number of methoxy groups -OCH3 is 4. The van der Waals surface area contributed by atoms with Crippen LogP contribution in [0.1, 0.15) is 35.3 Å². The molecule has 57 heavy (non-hydrogen) atoms. The molecular formula is C51H45O5P. The molecule has 1 fully saturated rings. The van der Waals surface area contributed by atoms with Gasteiger partial charge in [-0.2, -0.15) is 0 Å². The van der Waals surface area contributed by atoms with Crippen LogP contribution in [0.3, 0.4) is 0 Å². The molecule has 7 aromatic rings. The Kier molecular flexibility index (Phi) is 11.2. The number of benzene rings is 7. The van der Waals surface area contributed by atoms with Gasteiger partial charge >= 0.3 is 0 Å². The van der Waals surface area contributed by atoms with E-state index in [0.717, 1.165) is 60.9 Å². The first-order valence-corrected chi connectivity index (χ1v) is 20.7. The molecule has 1 aliphatic heterocycles. The fourth-order valence-corrected chi connectivity index (χ4v) is 12.4. The minimum Gasteiger partial charge on any atom is -0.496 e. The van der Waals surface area contributed by atoms with Gasteiger partial charge in [0, 0.05) is 24.2 Å². The molecule has 0 spiro atoms. The van der Waals surface area contributed by atoms with Gasteiger partial charge in [-0.15, -0.1) is 0 Å². The van der Waals surface area contributed by atoms with Crippen molar-refractivity contribution in [2.45, 2.75) is 24.2 Å². The Labute approximate surface area is 336 Å². The first kappa shape index (κ1) is 37.7. The summed E-state index contributed by atoms with van der Waals surface area (Å²) in [6.45, 7) is 0. The van der Waals surface area contributed by atoms with Gasteiger partial charge in [-0.3, -0.25) is 4.79 Å². The third-order valence-corrected chi connectivity index (χ3v) is 14.3. The van der Waals surface area contributed by atoms with Gasteiger partial charge < -0.3 is 18.9 Å². The summed E-state index contributed by atoms with van der Waals surface area (Å²) in [5.41, 5.74) is 10.2. The molecule has 7 aromatic carbocycles. The molecular weight excluding hydrogens is 724 g/mol. The zero-order valence-electron chi connectivity index (χ0n) is 32.6. The third kappa shape index (κ3) is 7.20. The van der Waals surface area contributed by atoms with E-state index in [2.05, 4.69) is 115 Å². The molecule has 8 rings (SSSR count). The van der Waals surface area contributed by atoms with E-state index in [4.69, 9.17) is 18.9 Å². The maximum atomic E-state index is 14.5. The molecule has 0 bridgehead atoms. The Balaban J connectivity index is 1.53. The third-order valence-electron chi connectivity index (χ3n) is 11.0. The van der Waals surface area contributed by atoms with Crippen molar-refractivity contribution >= 4 is 19.0 Å². The van der Waals surface area contributed by atoms with Crippen LogP contribution in [0.5, 0.6) is 23.0 Å². The highest BCUT2D eigenvalue weighted by molar-refractivity contribution is 7.67. The monoisotopic (exact) mass is 768 g/mol. The fraction of sp³-hybridized carbons (Fsp3) is 0.157. The van der Waals surface area contributed by atoms with E-state index in [-0.39, 0.29) is 17.1 Å².